The van der Waals surface area contributed by atoms with E-state index in [4.69, 9.17) is 23.2 Å². The summed E-state index contributed by atoms with van der Waals surface area (Å²) >= 11 is 14.2. The van der Waals surface area contributed by atoms with Gasteiger partial charge in [-0.25, -0.2) is 0 Å². The Kier molecular flexibility index (Phi) is 8.06. The van der Waals surface area contributed by atoms with Gasteiger partial charge in [0.1, 0.15) is 0 Å². The van der Waals surface area contributed by atoms with Gasteiger partial charge in [0.2, 0.25) is 5.91 Å². The third-order valence-corrected chi connectivity index (χ3v) is 6.49. The first-order valence-corrected chi connectivity index (χ1v) is 12.3. The number of halogens is 2. The maximum Gasteiger partial charge on any atom is 0.244 e. The van der Waals surface area contributed by atoms with E-state index in [1.54, 1.807) is 30.0 Å². The number of carbonyl (C=O) groups is 1. The molecule has 172 valence electrons. The normalized spacial score (nSPS) is 11.1. The number of amides is 1. The first kappa shape index (κ1) is 24.1. The Morgan fingerprint density at radius 3 is 2.62 bits per heavy atom. The zero-order valence-electron chi connectivity index (χ0n) is 18.4. The lowest BCUT2D eigenvalue weighted by Gasteiger charge is -2.12. The zero-order valence-corrected chi connectivity index (χ0v) is 20.7. The van der Waals surface area contributed by atoms with Crippen LogP contribution < -0.4 is 5.32 Å². The van der Waals surface area contributed by atoms with Crippen LogP contribution in [0.3, 0.4) is 0 Å². The van der Waals surface area contributed by atoms with Crippen LogP contribution >= 0.6 is 35.0 Å². The quantitative estimate of drug-likeness (QED) is 0.218. The first-order chi connectivity index (χ1) is 16.5. The van der Waals surface area contributed by atoms with Crippen molar-refractivity contribution in [3.8, 4) is 5.69 Å². The molecule has 3 aromatic carbocycles. The smallest absolute Gasteiger partial charge is 0.244 e. The molecule has 0 radical (unpaired) electrons. The Balaban J connectivity index is 1.55. The molecule has 5 nitrogen and oxygen atoms in total. The van der Waals surface area contributed by atoms with Crippen molar-refractivity contribution in [3.63, 3.8) is 0 Å². The van der Waals surface area contributed by atoms with E-state index in [-0.39, 0.29) is 12.5 Å². The van der Waals surface area contributed by atoms with Crippen LogP contribution in [0.5, 0.6) is 0 Å². The van der Waals surface area contributed by atoms with Gasteiger partial charge in [0, 0.05) is 16.9 Å². The van der Waals surface area contributed by atoms with Crippen LogP contribution in [0.4, 0.5) is 0 Å². The summed E-state index contributed by atoms with van der Waals surface area (Å²) in [5, 5.41) is 13.3. The van der Waals surface area contributed by atoms with Gasteiger partial charge in [-0.2, -0.15) is 0 Å². The minimum absolute atomic E-state index is 0.189. The molecule has 1 aromatic heterocycles. The fourth-order valence-corrected chi connectivity index (χ4v) is 4.72. The fourth-order valence-electron chi connectivity index (χ4n) is 3.32. The second kappa shape index (κ2) is 11.4. The van der Waals surface area contributed by atoms with Crippen LogP contribution in [0.15, 0.2) is 84.0 Å². The molecule has 1 amide bonds. The van der Waals surface area contributed by atoms with Crippen LogP contribution in [0.2, 0.25) is 10.0 Å². The summed E-state index contributed by atoms with van der Waals surface area (Å²) in [5.41, 5.74) is 4.03. The first-order valence-electron chi connectivity index (χ1n) is 10.6. The van der Waals surface area contributed by atoms with Crippen LogP contribution in [0.25, 0.3) is 11.8 Å². The number of nitrogens with zero attached hydrogens (tertiary/aromatic N) is 3. The lowest BCUT2D eigenvalue weighted by Crippen LogP contribution is -2.22. The molecule has 0 aliphatic rings. The summed E-state index contributed by atoms with van der Waals surface area (Å²) in [6, 6.07) is 23.2. The second-order valence-corrected chi connectivity index (χ2v) is 9.36. The molecule has 4 aromatic rings. The molecule has 8 heteroatoms. The predicted octanol–water partition coefficient (Wildman–Crippen LogP) is 6.50. The van der Waals surface area contributed by atoms with Gasteiger partial charge in [-0.3, -0.25) is 9.36 Å². The van der Waals surface area contributed by atoms with Crippen molar-refractivity contribution in [3.05, 3.63) is 111 Å². The standard InChI is InChI=1S/C26H22Cl2N4OS/c1-18-6-5-9-20(14-18)17-34-26-31-30-24(32(26)23-12-11-21(27)15-22(23)28)16-29-25(33)13-10-19-7-3-2-4-8-19/h2-15H,16-17H2,1H3,(H,29,33). The van der Waals surface area contributed by atoms with Crippen molar-refractivity contribution in [2.75, 3.05) is 0 Å². The Hall–Kier alpha value is -3.06. The number of carbonyl (C=O) groups excluding carboxylic acids is 1. The predicted molar refractivity (Wildman–Crippen MR) is 139 cm³/mol. The number of hydrogen-bond acceptors (Lipinski definition) is 4. The second-order valence-electron chi connectivity index (χ2n) is 7.57. The summed E-state index contributed by atoms with van der Waals surface area (Å²) in [6.07, 6.45) is 3.26. The summed E-state index contributed by atoms with van der Waals surface area (Å²) in [6.45, 7) is 2.26. The van der Waals surface area contributed by atoms with Gasteiger partial charge >= 0.3 is 0 Å². The monoisotopic (exact) mass is 508 g/mol. The van der Waals surface area contributed by atoms with E-state index in [0.717, 1.165) is 11.3 Å². The molecule has 34 heavy (non-hydrogen) atoms. The molecule has 0 aliphatic carbocycles. The highest BCUT2D eigenvalue weighted by Gasteiger charge is 2.17. The maximum absolute atomic E-state index is 12.4. The third-order valence-electron chi connectivity index (χ3n) is 4.95. The molecular weight excluding hydrogens is 487 g/mol. The van der Waals surface area contributed by atoms with E-state index in [2.05, 4.69) is 40.6 Å². The van der Waals surface area contributed by atoms with E-state index < -0.39 is 0 Å². The van der Waals surface area contributed by atoms with E-state index in [1.165, 1.54) is 17.2 Å². The highest BCUT2D eigenvalue weighted by atomic mass is 35.5. The van der Waals surface area contributed by atoms with E-state index in [1.807, 2.05) is 47.0 Å². The zero-order chi connectivity index (χ0) is 23.9. The Labute approximate surface area is 212 Å². The van der Waals surface area contributed by atoms with Crippen LogP contribution in [0.1, 0.15) is 22.5 Å². The number of hydrogen-bond donors (Lipinski definition) is 1. The number of aromatic nitrogens is 3. The molecule has 1 heterocycles. The Morgan fingerprint density at radius 2 is 1.85 bits per heavy atom. The molecule has 1 N–H and O–H groups in total. The number of rotatable bonds is 8. The van der Waals surface area contributed by atoms with Gasteiger partial charge in [0.05, 0.1) is 17.3 Å². The van der Waals surface area contributed by atoms with Crippen LogP contribution in [0, 0.1) is 6.92 Å². The number of aryl methyl sites for hydroxylation is 1. The molecule has 0 fully saturated rings. The summed E-state index contributed by atoms with van der Waals surface area (Å²) in [5.74, 6) is 1.06. The van der Waals surface area contributed by atoms with Crippen molar-refractivity contribution in [2.24, 2.45) is 0 Å². The molecule has 0 unspecified atom stereocenters. The number of benzene rings is 3. The van der Waals surface area contributed by atoms with E-state index >= 15 is 0 Å². The highest BCUT2D eigenvalue weighted by Crippen LogP contribution is 2.30. The lowest BCUT2D eigenvalue weighted by molar-refractivity contribution is -0.116. The van der Waals surface area contributed by atoms with Gasteiger partial charge in [0.15, 0.2) is 11.0 Å². The summed E-state index contributed by atoms with van der Waals surface area (Å²) in [7, 11) is 0. The van der Waals surface area contributed by atoms with Crippen LogP contribution in [-0.4, -0.2) is 20.7 Å². The number of thioether (sulfide) groups is 1. The van der Waals surface area contributed by atoms with Gasteiger partial charge in [-0.05, 0) is 42.3 Å². The van der Waals surface area contributed by atoms with E-state index in [0.29, 0.717) is 26.7 Å². The molecule has 0 bridgehead atoms. The van der Waals surface area contributed by atoms with Crippen LogP contribution in [-0.2, 0) is 17.1 Å². The average Bonchev–Trinajstić information content (AvgIpc) is 3.23. The molecule has 0 saturated carbocycles. The van der Waals surface area contributed by atoms with Crippen molar-refractivity contribution >= 4 is 46.9 Å². The van der Waals surface area contributed by atoms with E-state index in [9.17, 15) is 4.79 Å². The van der Waals surface area contributed by atoms with Crippen molar-refractivity contribution in [1.82, 2.24) is 20.1 Å². The number of nitrogens with one attached hydrogen (secondary N) is 1. The summed E-state index contributed by atoms with van der Waals surface area (Å²) in [4.78, 5) is 12.4. The van der Waals surface area contributed by atoms with Crippen molar-refractivity contribution in [2.45, 2.75) is 24.4 Å². The molecule has 0 aliphatic heterocycles. The SMILES string of the molecule is Cc1cccc(CSc2nnc(CNC(=O)C=Cc3ccccc3)n2-c2ccc(Cl)cc2Cl)c1. The van der Waals surface area contributed by atoms with Gasteiger partial charge < -0.3 is 5.32 Å². The molecule has 0 spiro atoms. The molecule has 0 saturated heterocycles. The molecule has 4 rings (SSSR count). The minimum Gasteiger partial charge on any atom is -0.345 e. The minimum atomic E-state index is -0.227. The van der Waals surface area contributed by atoms with Gasteiger partial charge in [-0.15, -0.1) is 10.2 Å². The fraction of sp³-hybridized carbons (Fsp3) is 0.115. The Bertz CT molecular complexity index is 1320. The maximum atomic E-state index is 12.4. The Morgan fingerprint density at radius 1 is 1.03 bits per heavy atom. The molecule has 0 atom stereocenters. The largest absolute Gasteiger partial charge is 0.345 e. The highest BCUT2D eigenvalue weighted by molar-refractivity contribution is 7.98. The van der Waals surface area contributed by atoms with Gasteiger partial charge in [-0.1, -0.05) is 95.1 Å². The van der Waals surface area contributed by atoms with Crippen molar-refractivity contribution < 1.29 is 4.79 Å². The lowest BCUT2D eigenvalue weighted by atomic mass is 10.2. The third kappa shape index (κ3) is 6.29. The van der Waals surface area contributed by atoms with Crippen molar-refractivity contribution in [1.29, 1.82) is 0 Å². The average molecular weight is 509 g/mol. The summed E-state index contributed by atoms with van der Waals surface area (Å²) < 4.78 is 1.86. The topological polar surface area (TPSA) is 59.8 Å². The van der Waals surface area contributed by atoms with Gasteiger partial charge in [0.25, 0.3) is 0 Å². The molecular formula is C26H22Cl2N4OS.